The van der Waals surface area contributed by atoms with Gasteiger partial charge in [0.25, 0.3) is 0 Å². The molecule has 3 aromatic rings. The molecule has 1 amide bonds. The quantitative estimate of drug-likeness (QED) is 0.307. The number of hydrogen-bond acceptors (Lipinski definition) is 11. The highest BCUT2D eigenvalue weighted by Crippen LogP contribution is 2.38. The van der Waals surface area contributed by atoms with Crippen LogP contribution in [-0.2, 0) is 19.3 Å². The number of anilines is 4. The summed E-state index contributed by atoms with van der Waals surface area (Å²) < 4.78 is 50.5. The monoisotopic (exact) mass is 671 g/mol. The highest BCUT2D eigenvalue weighted by atomic mass is 32.2. The number of alkyl carbamates (subject to hydrolysis) is 1. The van der Waals surface area contributed by atoms with Crippen LogP contribution >= 0.6 is 0 Å². The number of methoxy groups -OCH3 is 1. The number of amides is 1. The first kappa shape index (κ1) is 34.6. The van der Waals surface area contributed by atoms with Crippen molar-refractivity contribution in [3.63, 3.8) is 0 Å². The van der Waals surface area contributed by atoms with E-state index in [2.05, 4.69) is 51.5 Å². The maximum atomic E-state index is 14.5. The van der Waals surface area contributed by atoms with Gasteiger partial charge in [0.15, 0.2) is 9.84 Å². The number of ether oxygens (including phenoxy) is 2. The molecule has 0 radical (unpaired) electrons. The van der Waals surface area contributed by atoms with Crippen LogP contribution in [-0.4, -0.2) is 98.7 Å². The Bertz CT molecular complexity index is 1690. The van der Waals surface area contributed by atoms with Crippen LogP contribution in [0, 0.1) is 5.92 Å². The van der Waals surface area contributed by atoms with Gasteiger partial charge in [-0.05, 0) is 62.3 Å². The zero-order chi connectivity index (χ0) is 34.1. The molecule has 0 spiro atoms. The van der Waals surface area contributed by atoms with Gasteiger partial charge in [-0.15, -0.1) is 0 Å². The van der Waals surface area contributed by atoms with E-state index in [4.69, 9.17) is 14.5 Å². The standard InChI is InChI=1S/C33H46FN7O5S/c1-20(2)22-8-9-26(41-17-21(18-41)28(47(7,43)44)16-37-32(42)46-33(3,4)5)24-15-36-30(14-23(22)24)38-29-10-12-35-31(39-29)40-13-11-27(45-6)25(34)19-40/h8-10,12,14-15,20-21,25,27-28H,11,13,16-19H2,1-7H3,(H,37,42)(H,35,36,38,39)/t25-,27+,28?/m0/s1. The molecule has 2 N–H and O–H groups in total. The predicted molar refractivity (Wildman–Crippen MR) is 182 cm³/mol. The lowest BCUT2D eigenvalue weighted by atomic mass is 9.91. The van der Waals surface area contributed by atoms with Gasteiger partial charge in [0.2, 0.25) is 5.95 Å². The molecule has 2 saturated heterocycles. The van der Waals surface area contributed by atoms with Crippen molar-refractivity contribution in [1.82, 2.24) is 20.3 Å². The zero-order valence-corrected chi connectivity index (χ0v) is 29.0. The van der Waals surface area contributed by atoms with Crippen molar-refractivity contribution in [2.45, 2.75) is 70.1 Å². The summed E-state index contributed by atoms with van der Waals surface area (Å²) in [6, 6.07) is 7.93. The average Bonchev–Trinajstić information content (AvgIpc) is 2.96. The molecule has 12 nitrogen and oxygen atoms in total. The molecule has 1 unspecified atom stereocenters. The minimum Gasteiger partial charge on any atom is -0.444 e. The van der Waals surface area contributed by atoms with E-state index in [1.54, 1.807) is 33.0 Å². The first-order chi connectivity index (χ1) is 22.1. The Morgan fingerprint density at radius 2 is 1.83 bits per heavy atom. The van der Waals surface area contributed by atoms with Gasteiger partial charge >= 0.3 is 6.09 Å². The summed E-state index contributed by atoms with van der Waals surface area (Å²) >= 11 is 0. The smallest absolute Gasteiger partial charge is 0.407 e. The van der Waals surface area contributed by atoms with Crippen molar-refractivity contribution in [1.29, 1.82) is 0 Å². The summed E-state index contributed by atoms with van der Waals surface area (Å²) in [5.74, 6) is 1.68. The Morgan fingerprint density at radius 3 is 2.47 bits per heavy atom. The normalized spacial score (nSPS) is 19.9. The van der Waals surface area contributed by atoms with Crippen molar-refractivity contribution < 1.29 is 27.1 Å². The second-order valence-corrected chi connectivity index (χ2v) is 16.0. The summed E-state index contributed by atoms with van der Waals surface area (Å²) in [5, 5.41) is 7.19. The van der Waals surface area contributed by atoms with Crippen molar-refractivity contribution in [2.24, 2.45) is 5.92 Å². The van der Waals surface area contributed by atoms with E-state index in [-0.39, 0.29) is 24.9 Å². The van der Waals surface area contributed by atoms with Crippen LogP contribution in [0.3, 0.4) is 0 Å². The number of rotatable bonds is 10. The number of alkyl halides is 1. The number of benzene rings is 1. The van der Waals surface area contributed by atoms with Crippen LogP contribution in [0.4, 0.5) is 32.5 Å². The summed E-state index contributed by atoms with van der Waals surface area (Å²) in [6.45, 7) is 11.3. The summed E-state index contributed by atoms with van der Waals surface area (Å²) in [7, 11) is -1.91. The number of nitrogens with one attached hydrogen (secondary N) is 2. The number of fused-ring (bicyclic) bond motifs is 1. The van der Waals surface area contributed by atoms with Gasteiger partial charge in [-0.1, -0.05) is 19.9 Å². The molecule has 4 heterocycles. The number of sulfone groups is 1. The van der Waals surface area contributed by atoms with E-state index in [0.29, 0.717) is 43.6 Å². The van der Waals surface area contributed by atoms with Crippen LogP contribution in [0.2, 0.25) is 0 Å². The minimum atomic E-state index is -3.44. The zero-order valence-electron chi connectivity index (χ0n) is 28.2. The number of piperidine rings is 1. The topological polar surface area (TPSA) is 139 Å². The highest BCUT2D eigenvalue weighted by Gasteiger charge is 2.40. The third-order valence-corrected chi connectivity index (χ3v) is 10.3. The number of carbonyl (C=O) groups excluding carboxylic acids is 1. The molecule has 0 aliphatic carbocycles. The second-order valence-electron chi connectivity index (χ2n) is 13.8. The molecule has 2 aliphatic heterocycles. The Kier molecular flexibility index (Phi) is 10.1. The number of carbonyl (C=O) groups is 1. The van der Waals surface area contributed by atoms with Gasteiger partial charge in [-0.3, -0.25) is 0 Å². The maximum Gasteiger partial charge on any atom is 0.407 e. The van der Waals surface area contributed by atoms with Crippen molar-refractivity contribution in [2.75, 3.05) is 61.2 Å². The average molecular weight is 672 g/mol. The van der Waals surface area contributed by atoms with Crippen molar-refractivity contribution >= 4 is 50.0 Å². The van der Waals surface area contributed by atoms with Gasteiger partial charge in [0.05, 0.1) is 17.9 Å². The summed E-state index contributed by atoms with van der Waals surface area (Å²) in [5.41, 5.74) is 1.45. The predicted octanol–water partition coefficient (Wildman–Crippen LogP) is 4.83. The summed E-state index contributed by atoms with van der Waals surface area (Å²) in [6.07, 6.45) is 3.07. The third-order valence-electron chi connectivity index (χ3n) is 8.67. The maximum absolute atomic E-state index is 14.5. The van der Waals surface area contributed by atoms with E-state index < -0.39 is 39.1 Å². The lowest BCUT2D eigenvalue weighted by Gasteiger charge is -2.44. The number of pyridine rings is 1. The summed E-state index contributed by atoms with van der Waals surface area (Å²) in [4.78, 5) is 29.9. The van der Waals surface area contributed by atoms with Gasteiger partial charge in [-0.2, -0.15) is 4.98 Å². The van der Waals surface area contributed by atoms with Crippen LogP contribution in [0.25, 0.3) is 10.8 Å². The fourth-order valence-electron chi connectivity index (χ4n) is 6.24. The second kappa shape index (κ2) is 13.8. The largest absolute Gasteiger partial charge is 0.444 e. The minimum absolute atomic E-state index is 0.0135. The fraction of sp³-hybridized carbons (Fsp3) is 0.576. The SMILES string of the molecule is CO[C@@H]1CCN(c2nccc(Nc3cc4c(C(C)C)ccc(N5CC(C(CNC(=O)OC(C)(C)C)S(C)(=O)=O)C5)c4cn3)n2)C[C@@H]1F. The van der Waals surface area contributed by atoms with Crippen molar-refractivity contribution in [3.8, 4) is 0 Å². The van der Waals surface area contributed by atoms with Gasteiger partial charge < -0.3 is 29.9 Å². The van der Waals surface area contributed by atoms with E-state index in [0.717, 1.165) is 22.0 Å². The van der Waals surface area contributed by atoms with Crippen LogP contribution < -0.4 is 20.4 Å². The van der Waals surface area contributed by atoms with E-state index >= 15 is 0 Å². The van der Waals surface area contributed by atoms with Crippen molar-refractivity contribution in [3.05, 3.63) is 42.2 Å². The van der Waals surface area contributed by atoms with Crippen LogP contribution in [0.15, 0.2) is 36.7 Å². The van der Waals surface area contributed by atoms with Gasteiger partial charge in [0, 0.05) is 68.9 Å². The molecule has 2 fully saturated rings. The number of nitrogens with zero attached hydrogens (tertiary/aromatic N) is 5. The number of halogens is 1. The van der Waals surface area contributed by atoms with Crippen LogP contribution in [0.1, 0.15) is 52.5 Å². The molecule has 3 atom stereocenters. The molecular weight excluding hydrogens is 625 g/mol. The molecular formula is C33H46FN7O5S. The Labute approximate surface area is 276 Å². The Hall–Kier alpha value is -3.78. The third kappa shape index (κ3) is 8.21. The molecule has 0 saturated carbocycles. The molecule has 2 aliphatic rings. The fourth-order valence-corrected chi connectivity index (χ4v) is 7.49. The molecule has 47 heavy (non-hydrogen) atoms. The van der Waals surface area contributed by atoms with Gasteiger partial charge in [-0.25, -0.2) is 27.6 Å². The molecule has 2 aromatic heterocycles. The van der Waals surface area contributed by atoms with E-state index in [1.807, 2.05) is 17.2 Å². The molecule has 1 aromatic carbocycles. The molecule has 5 rings (SSSR count). The lowest BCUT2D eigenvalue weighted by Crippen LogP contribution is -2.57. The molecule has 14 heteroatoms. The lowest BCUT2D eigenvalue weighted by molar-refractivity contribution is 0.0194. The molecule has 0 bridgehead atoms. The first-order valence-electron chi connectivity index (χ1n) is 16.0. The molecule has 256 valence electrons. The highest BCUT2D eigenvalue weighted by molar-refractivity contribution is 7.91. The van der Waals surface area contributed by atoms with E-state index in [1.165, 1.54) is 13.4 Å². The first-order valence-corrected chi connectivity index (χ1v) is 17.9. The Balaban J connectivity index is 1.32. The Morgan fingerprint density at radius 1 is 1.09 bits per heavy atom. The van der Waals surface area contributed by atoms with Crippen LogP contribution in [0.5, 0.6) is 0 Å². The number of hydrogen-bond donors (Lipinski definition) is 2. The number of aromatic nitrogens is 3. The van der Waals surface area contributed by atoms with E-state index in [9.17, 15) is 17.6 Å². The van der Waals surface area contributed by atoms with Gasteiger partial charge in [0.1, 0.15) is 23.4 Å².